The van der Waals surface area contributed by atoms with Gasteiger partial charge >= 0.3 is 5.97 Å². The average Bonchev–Trinajstić information content (AvgIpc) is 2.82. The fraction of sp³-hybridized carbons (Fsp3) is 0.222. The highest BCUT2D eigenvalue weighted by Gasteiger charge is 2.44. The van der Waals surface area contributed by atoms with Crippen LogP contribution in [-0.4, -0.2) is 17.6 Å². The summed E-state index contributed by atoms with van der Waals surface area (Å²) in [5.74, 6) is -0.426. The topological polar surface area (TPSA) is 49.8 Å². The van der Waals surface area contributed by atoms with Crippen molar-refractivity contribution in [1.82, 2.24) is 0 Å². The molecular weight excluding hydrogens is 386 g/mol. The van der Waals surface area contributed by atoms with Gasteiger partial charge in [0.2, 0.25) is 0 Å². The number of carbonyl (C=O) groups excluding carboxylic acids is 1. The number of likely N-dealkylation sites (N-methyl/N-ethyl adjacent to an activating group) is 1. The molecule has 1 unspecified atom stereocenters. The molecule has 1 aliphatic heterocycles. The number of carbonyl (C=O) groups is 1. The van der Waals surface area contributed by atoms with Crippen molar-refractivity contribution in [3.63, 3.8) is 0 Å². The summed E-state index contributed by atoms with van der Waals surface area (Å²) in [4.78, 5) is 15.1. The number of ether oxygens (including phenoxy) is 1. The van der Waals surface area contributed by atoms with E-state index in [1.54, 1.807) is 0 Å². The maximum absolute atomic E-state index is 13.3. The predicted octanol–water partition coefficient (Wildman–Crippen LogP) is 5.76. The maximum Gasteiger partial charge on any atom is 0.359 e. The highest BCUT2D eigenvalue weighted by molar-refractivity contribution is 5.94. The van der Waals surface area contributed by atoms with Crippen LogP contribution in [0.15, 0.2) is 102 Å². The van der Waals surface area contributed by atoms with Gasteiger partial charge in [-0.15, -0.1) is 0 Å². The first-order valence-corrected chi connectivity index (χ1v) is 10.7. The lowest BCUT2D eigenvalue weighted by atomic mass is 9.82. The highest BCUT2D eigenvalue weighted by atomic mass is 16.6. The Morgan fingerprint density at radius 1 is 0.903 bits per heavy atom. The maximum atomic E-state index is 13.3. The molecule has 0 saturated heterocycles. The minimum Gasteiger partial charge on any atom is -0.510 e. The van der Waals surface area contributed by atoms with Gasteiger partial charge in [0, 0.05) is 12.2 Å². The molecule has 0 aliphatic carbocycles. The van der Waals surface area contributed by atoms with Crippen LogP contribution in [0, 0.1) is 0 Å². The summed E-state index contributed by atoms with van der Waals surface area (Å²) >= 11 is 0. The van der Waals surface area contributed by atoms with Crippen LogP contribution in [-0.2, 0) is 21.6 Å². The molecule has 0 aromatic heterocycles. The van der Waals surface area contributed by atoms with E-state index in [4.69, 9.17) is 4.74 Å². The number of anilines is 1. The minimum absolute atomic E-state index is 0.0684. The van der Waals surface area contributed by atoms with E-state index in [2.05, 4.69) is 12.1 Å². The normalized spacial score (nSPS) is 18.5. The van der Waals surface area contributed by atoms with Crippen LogP contribution in [0.1, 0.15) is 30.9 Å². The Morgan fingerprint density at radius 2 is 1.48 bits per heavy atom. The largest absolute Gasteiger partial charge is 0.510 e. The Balaban J connectivity index is 1.70. The monoisotopic (exact) mass is 413 g/mol. The molecule has 1 aliphatic rings. The van der Waals surface area contributed by atoms with Crippen molar-refractivity contribution >= 4 is 11.7 Å². The molecule has 3 aromatic carbocycles. The Labute approximate surface area is 183 Å². The molecule has 1 heterocycles. The summed E-state index contributed by atoms with van der Waals surface area (Å²) in [5, 5.41) is 11.1. The van der Waals surface area contributed by atoms with Gasteiger partial charge in [-0.25, -0.2) is 4.79 Å². The Morgan fingerprint density at radius 3 is 2.06 bits per heavy atom. The molecule has 0 fully saturated rings. The van der Waals surface area contributed by atoms with Gasteiger partial charge in [-0.2, -0.15) is 0 Å². The van der Waals surface area contributed by atoms with E-state index in [0.717, 1.165) is 17.7 Å². The first-order valence-electron chi connectivity index (χ1n) is 10.7. The molecule has 1 atom stereocenters. The van der Waals surface area contributed by atoms with Crippen LogP contribution in [0.5, 0.6) is 0 Å². The number of esters is 1. The van der Waals surface area contributed by atoms with Crippen LogP contribution in [0.4, 0.5) is 5.69 Å². The molecule has 0 saturated carbocycles. The van der Waals surface area contributed by atoms with Crippen LogP contribution >= 0.6 is 0 Å². The summed E-state index contributed by atoms with van der Waals surface area (Å²) in [6.45, 7) is 2.50. The van der Waals surface area contributed by atoms with E-state index < -0.39 is 11.6 Å². The average molecular weight is 414 g/mol. The van der Waals surface area contributed by atoms with Gasteiger partial charge < -0.3 is 14.7 Å². The molecule has 4 heteroatoms. The molecule has 4 rings (SSSR count). The number of aryl methyl sites for hydroxylation is 1. The second-order valence-electron chi connectivity index (χ2n) is 7.79. The van der Waals surface area contributed by atoms with Crippen molar-refractivity contribution in [1.29, 1.82) is 0 Å². The number of aliphatic hydroxyl groups excluding tert-OH is 1. The van der Waals surface area contributed by atoms with E-state index >= 15 is 0 Å². The SMILES string of the molecule is CCN(C1=C(O)CC(CCc2ccccc2)(c2ccccc2)OC1=O)c1ccccc1. The summed E-state index contributed by atoms with van der Waals surface area (Å²) in [7, 11) is 0. The van der Waals surface area contributed by atoms with Gasteiger partial charge in [0.15, 0.2) is 5.70 Å². The molecule has 0 bridgehead atoms. The number of cyclic esters (lactones) is 1. The Hall–Kier alpha value is -3.53. The first-order chi connectivity index (χ1) is 15.1. The third-order valence-corrected chi connectivity index (χ3v) is 5.82. The Bertz CT molecular complexity index is 1050. The second-order valence-corrected chi connectivity index (χ2v) is 7.79. The summed E-state index contributed by atoms with van der Waals surface area (Å²) in [6.07, 6.45) is 1.57. The molecular formula is C27H27NO3. The van der Waals surface area contributed by atoms with Crippen LogP contribution in [0.2, 0.25) is 0 Å². The van der Waals surface area contributed by atoms with Crippen molar-refractivity contribution in [2.45, 2.75) is 31.8 Å². The molecule has 0 amide bonds. The molecule has 3 aromatic rings. The van der Waals surface area contributed by atoms with Crippen molar-refractivity contribution in [3.8, 4) is 0 Å². The smallest absolute Gasteiger partial charge is 0.359 e. The van der Waals surface area contributed by atoms with Crippen molar-refractivity contribution in [3.05, 3.63) is 114 Å². The fourth-order valence-electron chi connectivity index (χ4n) is 4.26. The standard InChI is InChI=1S/C27H27NO3/c1-2-28(23-16-10-5-11-17-23)25-24(29)20-27(31-26(25)30,22-14-8-4-9-15-22)19-18-21-12-6-3-7-13-21/h3-17,29H,2,18-20H2,1H3. The molecule has 31 heavy (non-hydrogen) atoms. The number of para-hydroxylation sites is 1. The number of hydrogen-bond donors (Lipinski definition) is 1. The van der Waals surface area contributed by atoms with Crippen molar-refractivity contribution in [2.24, 2.45) is 0 Å². The molecule has 4 nitrogen and oxygen atoms in total. The lowest BCUT2D eigenvalue weighted by Gasteiger charge is -2.40. The zero-order valence-corrected chi connectivity index (χ0v) is 17.7. The zero-order chi connectivity index (χ0) is 21.7. The highest BCUT2D eigenvalue weighted by Crippen LogP contribution is 2.42. The van der Waals surface area contributed by atoms with Gasteiger partial charge in [0.1, 0.15) is 11.4 Å². The van der Waals surface area contributed by atoms with Gasteiger partial charge in [-0.05, 0) is 43.0 Å². The quantitative estimate of drug-likeness (QED) is 0.501. The lowest BCUT2D eigenvalue weighted by Crippen LogP contribution is -2.42. The number of nitrogens with zero attached hydrogens (tertiary/aromatic N) is 1. The van der Waals surface area contributed by atoms with E-state index in [0.29, 0.717) is 13.0 Å². The predicted molar refractivity (Wildman–Crippen MR) is 123 cm³/mol. The second kappa shape index (κ2) is 9.09. The van der Waals surface area contributed by atoms with Crippen LogP contribution < -0.4 is 4.90 Å². The molecule has 158 valence electrons. The fourth-order valence-corrected chi connectivity index (χ4v) is 4.26. The van der Waals surface area contributed by atoms with Gasteiger partial charge in [-0.3, -0.25) is 0 Å². The minimum atomic E-state index is -0.905. The number of rotatable bonds is 7. The molecule has 1 N–H and O–H groups in total. The zero-order valence-electron chi connectivity index (χ0n) is 17.7. The van der Waals surface area contributed by atoms with Crippen molar-refractivity contribution < 1.29 is 14.6 Å². The van der Waals surface area contributed by atoms with E-state index in [-0.39, 0.29) is 17.9 Å². The lowest BCUT2D eigenvalue weighted by molar-refractivity contribution is -0.161. The Kier molecular flexibility index (Phi) is 6.08. The molecule has 0 radical (unpaired) electrons. The van der Waals surface area contributed by atoms with Gasteiger partial charge in [-0.1, -0.05) is 78.9 Å². The van der Waals surface area contributed by atoms with Gasteiger partial charge in [0.25, 0.3) is 0 Å². The summed E-state index contributed by atoms with van der Waals surface area (Å²) < 4.78 is 6.17. The summed E-state index contributed by atoms with van der Waals surface area (Å²) in [5.41, 5.74) is 2.23. The van der Waals surface area contributed by atoms with E-state index in [1.807, 2.05) is 90.7 Å². The number of benzene rings is 3. The van der Waals surface area contributed by atoms with E-state index in [9.17, 15) is 9.90 Å². The summed E-state index contributed by atoms with van der Waals surface area (Å²) in [6, 6.07) is 29.5. The van der Waals surface area contributed by atoms with Gasteiger partial charge in [0.05, 0.1) is 6.42 Å². The molecule has 0 spiro atoms. The van der Waals surface area contributed by atoms with E-state index in [1.165, 1.54) is 5.56 Å². The third-order valence-electron chi connectivity index (χ3n) is 5.82. The number of hydrogen-bond acceptors (Lipinski definition) is 4. The number of aliphatic hydroxyl groups is 1. The van der Waals surface area contributed by atoms with Crippen molar-refractivity contribution in [2.75, 3.05) is 11.4 Å². The van der Waals surface area contributed by atoms with Crippen LogP contribution in [0.25, 0.3) is 0 Å². The first kappa shape index (κ1) is 20.7. The third kappa shape index (κ3) is 4.33. The van der Waals surface area contributed by atoms with Crippen LogP contribution in [0.3, 0.4) is 0 Å².